The number of pyridine rings is 1. The van der Waals surface area contributed by atoms with Crippen molar-refractivity contribution in [3.8, 4) is 0 Å². The minimum absolute atomic E-state index is 0.158. The Hall–Kier alpha value is -2.74. The maximum Gasteiger partial charge on any atom is 0.270 e. The Kier molecular flexibility index (Phi) is 4.45. The van der Waals surface area contributed by atoms with Gasteiger partial charge in [-0.3, -0.25) is 19.5 Å². The molecular formula is C20H25N5O3. The van der Waals surface area contributed by atoms with Gasteiger partial charge in [-0.1, -0.05) is 6.92 Å². The van der Waals surface area contributed by atoms with Gasteiger partial charge in [0.2, 0.25) is 0 Å². The number of carbonyl (C=O) groups excluding carboxylic acids is 2. The highest BCUT2D eigenvalue weighted by Gasteiger charge is 2.35. The monoisotopic (exact) mass is 383 g/mol. The van der Waals surface area contributed by atoms with E-state index in [1.54, 1.807) is 28.9 Å². The highest BCUT2D eigenvalue weighted by atomic mass is 16.5. The zero-order valence-electron chi connectivity index (χ0n) is 16.7. The lowest BCUT2D eigenvalue weighted by molar-refractivity contribution is -0.120. The van der Waals surface area contributed by atoms with E-state index in [1.807, 2.05) is 19.9 Å². The smallest absolute Gasteiger partial charge is 0.270 e. The van der Waals surface area contributed by atoms with Gasteiger partial charge in [0.15, 0.2) is 0 Å². The van der Waals surface area contributed by atoms with E-state index < -0.39 is 11.6 Å². The number of ether oxygens (including phenoxy) is 1. The summed E-state index contributed by atoms with van der Waals surface area (Å²) in [7, 11) is 1.71. The molecule has 0 aromatic carbocycles. The molecule has 1 N–H and O–H groups in total. The molecule has 2 aromatic rings. The molecule has 2 aromatic heterocycles. The molecule has 4 heterocycles. The summed E-state index contributed by atoms with van der Waals surface area (Å²) in [6, 6.07) is 3.04. The third-order valence-corrected chi connectivity index (χ3v) is 5.80. The summed E-state index contributed by atoms with van der Waals surface area (Å²) < 4.78 is 7.69. The first-order valence-electron chi connectivity index (χ1n) is 9.58. The molecule has 148 valence electrons. The average Bonchev–Trinajstić information content (AvgIpc) is 3.21. The van der Waals surface area contributed by atoms with Gasteiger partial charge in [0.25, 0.3) is 11.8 Å². The van der Waals surface area contributed by atoms with Crippen molar-refractivity contribution in [1.29, 1.82) is 0 Å². The standard InChI is InChI=1S/C20H25N5O3/c1-5-20(3)14-9-16(21-10-13(14)11-28-20)18(26)22-15-6-7-25-17(8-12(2)23-25)24(4)19(15)27/h8-10,15H,5-7,11H2,1-4H3,(H,22,26)/t15-,20+/m0/s1. The highest BCUT2D eigenvalue weighted by molar-refractivity contribution is 6.01. The molecule has 0 spiro atoms. The Labute approximate surface area is 163 Å². The number of aryl methyl sites for hydroxylation is 2. The number of amides is 2. The molecule has 2 amide bonds. The molecule has 2 aliphatic rings. The summed E-state index contributed by atoms with van der Waals surface area (Å²) in [5.41, 5.74) is 2.76. The number of nitrogens with zero attached hydrogens (tertiary/aromatic N) is 4. The van der Waals surface area contributed by atoms with Crippen LogP contribution in [-0.2, 0) is 28.3 Å². The van der Waals surface area contributed by atoms with Gasteiger partial charge in [0.1, 0.15) is 17.6 Å². The van der Waals surface area contributed by atoms with Crippen LogP contribution in [0.5, 0.6) is 0 Å². The van der Waals surface area contributed by atoms with Gasteiger partial charge in [0, 0.05) is 31.4 Å². The summed E-state index contributed by atoms with van der Waals surface area (Å²) >= 11 is 0. The molecule has 8 heteroatoms. The summed E-state index contributed by atoms with van der Waals surface area (Å²) in [4.78, 5) is 31.5. The van der Waals surface area contributed by atoms with Crippen molar-refractivity contribution in [3.63, 3.8) is 0 Å². The molecule has 0 radical (unpaired) electrons. The van der Waals surface area contributed by atoms with Gasteiger partial charge in [-0.2, -0.15) is 5.10 Å². The van der Waals surface area contributed by atoms with E-state index in [1.165, 1.54) is 0 Å². The molecule has 8 nitrogen and oxygen atoms in total. The van der Waals surface area contributed by atoms with Crippen molar-refractivity contribution in [2.24, 2.45) is 0 Å². The molecule has 0 saturated carbocycles. The van der Waals surface area contributed by atoms with Gasteiger partial charge in [-0.05, 0) is 38.3 Å². The molecule has 0 saturated heterocycles. The molecule has 0 bridgehead atoms. The maximum absolute atomic E-state index is 12.9. The Morgan fingerprint density at radius 3 is 2.96 bits per heavy atom. The second-order valence-corrected chi connectivity index (χ2v) is 7.68. The summed E-state index contributed by atoms with van der Waals surface area (Å²) in [5.74, 6) is 0.233. The van der Waals surface area contributed by atoms with Crippen LogP contribution < -0.4 is 10.2 Å². The quantitative estimate of drug-likeness (QED) is 0.875. The number of hydrogen-bond donors (Lipinski definition) is 1. The summed E-state index contributed by atoms with van der Waals surface area (Å²) in [6.45, 7) is 7.04. The molecule has 0 aliphatic carbocycles. The Morgan fingerprint density at radius 2 is 2.21 bits per heavy atom. The van der Waals surface area contributed by atoms with Crippen LogP contribution in [0.1, 0.15) is 54.0 Å². The summed E-state index contributed by atoms with van der Waals surface area (Å²) in [5, 5.41) is 7.27. The minimum Gasteiger partial charge on any atom is -0.366 e. The normalized spacial score (nSPS) is 23.9. The van der Waals surface area contributed by atoms with Crippen molar-refractivity contribution < 1.29 is 14.3 Å². The van der Waals surface area contributed by atoms with Crippen LogP contribution in [0.25, 0.3) is 0 Å². The Bertz CT molecular complexity index is 953. The van der Waals surface area contributed by atoms with Crippen molar-refractivity contribution in [3.05, 3.63) is 40.8 Å². The number of hydrogen-bond acceptors (Lipinski definition) is 5. The summed E-state index contributed by atoms with van der Waals surface area (Å²) in [6.07, 6.45) is 2.98. The minimum atomic E-state index is -0.622. The molecule has 4 rings (SSSR count). The topological polar surface area (TPSA) is 89.3 Å². The van der Waals surface area contributed by atoms with Crippen molar-refractivity contribution in [2.75, 3.05) is 11.9 Å². The van der Waals surface area contributed by atoms with Crippen LogP contribution in [0.3, 0.4) is 0 Å². The van der Waals surface area contributed by atoms with Crippen LogP contribution in [0, 0.1) is 6.92 Å². The van der Waals surface area contributed by atoms with E-state index in [4.69, 9.17) is 4.74 Å². The fourth-order valence-corrected chi connectivity index (χ4v) is 3.88. The zero-order valence-corrected chi connectivity index (χ0v) is 16.7. The van der Waals surface area contributed by atoms with Gasteiger partial charge in [0.05, 0.1) is 17.9 Å². The molecule has 0 unspecified atom stereocenters. The van der Waals surface area contributed by atoms with E-state index in [0.29, 0.717) is 25.3 Å². The van der Waals surface area contributed by atoms with Crippen molar-refractivity contribution in [2.45, 2.75) is 58.4 Å². The molecule has 2 aliphatic heterocycles. The number of fused-ring (bicyclic) bond motifs is 2. The van der Waals surface area contributed by atoms with Crippen molar-refractivity contribution in [1.82, 2.24) is 20.1 Å². The second kappa shape index (κ2) is 6.70. The Balaban J connectivity index is 1.54. The van der Waals surface area contributed by atoms with E-state index in [9.17, 15) is 9.59 Å². The molecule has 28 heavy (non-hydrogen) atoms. The third-order valence-electron chi connectivity index (χ3n) is 5.80. The average molecular weight is 383 g/mol. The lowest BCUT2D eigenvalue weighted by atomic mass is 9.92. The fourth-order valence-electron chi connectivity index (χ4n) is 3.88. The van der Waals surface area contributed by atoms with Crippen molar-refractivity contribution >= 4 is 17.6 Å². The first kappa shape index (κ1) is 18.6. The highest BCUT2D eigenvalue weighted by Crippen LogP contribution is 2.38. The van der Waals surface area contributed by atoms with Crippen LogP contribution in [0.15, 0.2) is 18.3 Å². The lowest BCUT2D eigenvalue weighted by Crippen LogP contribution is -2.47. The van der Waals surface area contributed by atoms with E-state index in [2.05, 4.69) is 22.3 Å². The lowest BCUT2D eigenvalue weighted by Gasteiger charge is -2.23. The zero-order chi connectivity index (χ0) is 20.1. The second-order valence-electron chi connectivity index (χ2n) is 7.68. The molecule has 2 atom stereocenters. The number of aromatic nitrogens is 3. The van der Waals surface area contributed by atoms with Gasteiger partial charge in [-0.25, -0.2) is 4.68 Å². The van der Waals surface area contributed by atoms with Crippen LogP contribution in [-0.4, -0.2) is 39.7 Å². The predicted molar refractivity (Wildman–Crippen MR) is 103 cm³/mol. The number of rotatable bonds is 3. The first-order chi connectivity index (χ1) is 13.3. The van der Waals surface area contributed by atoms with Crippen LogP contribution in [0.4, 0.5) is 5.82 Å². The number of carbonyl (C=O) groups is 2. The van der Waals surface area contributed by atoms with Gasteiger partial charge >= 0.3 is 0 Å². The number of anilines is 1. The largest absolute Gasteiger partial charge is 0.366 e. The SMILES string of the molecule is CC[C@@]1(C)OCc2cnc(C(=O)N[C@H]3CCn4nc(C)cc4N(C)C3=O)cc21. The van der Waals surface area contributed by atoms with Gasteiger partial charge in [-0.15, -0.1) is 0 Å². The third kappa shape index (κ3) is 2.97. The van der Waals surface area contributed by atoms with E-state index in [-0.39, 0.29) is 11.8 Å². The fraction of sp³-hybridized carbons (Fsp3) is 0.500. The molecular weight excluding hydrogens is 358 g/mol. The maximum atomic E-state index is 12.9. The molecule has 0 fully saturated rings. The van der Waals surface area contributed by atoms with E-state index in [0.717, 1.165) is 29.1 Å². The van der Waals surface area contributed by atoms with Crippen LogP contribution in [0.2, 0.25) is 0 Å². The van der Waals surface area contributed by atoms with E-state index >= 15 is 0 Å². The Morgan fingerprint density at radius 1 is 1.43 bits per heavy atom. The van der Waals surface area contributed by atoms with Gasteiger partial charge < -0.3 is 10.1 Å². The predicted octanol–water partition coefficient (Wildman–Crippen LogP) is 1.91. The van der Waals surface area contributed by atoms with Crippen LogP contribution >= 0.6 is 0 Å². The number of nitrogens with one attached hydrogen (secondary N) is 1. The number of likely N-dealkylation sites (N-methyl/N-ethyl adjacent to an activating group) is 1. The first-order valence-corrected chi connectivity index (χ1v) is 9.58.